The van der Waals surface area contributed by atoms with Crippen molar-refractivity contribution in [2.24, 2.45) is 5.11 Å². The van der Waals surface area contributed by atoms with Gasteiger partial charge in [0.25, 0.3) is 0 Å². The molecule has 0 saturated heterocycles. The SMILES string of the molecule is [N-]=[N+]=Nc1ccc(C=C2CCCCC2=O)cc1. The molecule has 1 saturated carbocycles. The maximum absolute atomic E-state index is 11.6. The number of benzene rings is 1. The van der Waals surface area contributed by atoms with E-state index >= 15 is 0 Å². The van der Waals surface area contributed by atoms with E-state index in [0.29, 0.717) is 12.1 Å². The van der Waals surface area contributed by atoms with Gasteiger partial charge in [0.05, 0.1) is 0 Å². The highest BCUT2D eigenvalue weighted by atomic mass is 16.1. The minimum atomic E-state index is 0.260. The quantitative estimate of drug-likeness (QED) is 0.324. The molecular formula is C13H13N3O. The summed E-state index contributed by atoms with van der Waals surface area (Å²) in [5.74, 6) is 0.260. The van der Waals surface area contributed by atoms with E-state index in [1.807, 2.05) is 18.2 Å². The van der Waals surface area contributed by atoms with Gasteiger partial charge in [-0.3, -0.25) is 4.79 Å². The minimum Gasteiger partial charge on any atom is -0.295 e. The normalized spacial score (nSPS) is 17.9. The summed E-state index contributed by atoms with van der Waals surface area (Å²) >= 11 is 0. The van der Waals surface area contributed by atoms with Gasteiger partial charge in [0.15, 0.2) is 5.78 Å². The van der Waals surface area contributed by atoms with Crippen molar-refractivity contribution in [3.8, 4) is 0 Å². The van der Waals surface area contributed by atoms with E-state index in [9.17, 15) is 4.79 Å². The van der Waals surface area contributed by atoms with Crippen LogP contribution in [0.4, 0.5) is 5.69 Å². The lowest BCUT2D eigenvalue weighted by molar-refractivity contribution is -0.116. The predicted molar refractivity (Wildman–Crippen MR) is 66.7 cm³/mol. The van der Waals surface area contributed by atoms with Crippen molar-refractivity contribution in [1.82, 2.24) is 0 Å². The van der Waals surface area contributed by atoms with Gasteiger partial charge < -0.3 is 0 Å². The van der Waals surface area contributed by atoms with Crippen LogP contribution in [0.1, 0.15) is 31.2 Å². The predicted octanol–water partition coefficient (Wildman–Crippen LogP) is 4.15. The highest BCUT2D eigenvalue weighted by Gasteiger charge is 2.14. The molecule has 4 nitrogen and oxygen atoms in total. The van der Waals surface area contributed by atoms with Gasteiger partial charge in [-0.1, -0.05) is 29.4 Å². The molecule has 1 aliphatic rings. The van der Waals surface area contributed by atoms with Gasteiger partial charge in [-0.05, 0) is 42.0 Å². The summed E-state index contributed by atoms with van der Waals surface area (Å²) in [5.41, 5.74) is 10.8. The molecule has 0 aliphatic heterocycles. The molecule has 0 N–H and O–H groups in total. The molecule has 0 radical (unpaired) electrons. The summed E-state index contributed by atoms with van der Waals surface area (Å²) in [4.78, 5) is 14.4. The van der Waals surface area contributed by atoms with E-state index < -0.39 is 0 Å². The topological polar surface area (TPSA) is 65.8 Å². The average Bonchev–Trinajstić information content (AvgIpc) is 2.35. The lowest BCUT2D eigenvalue weighted by atomic mass is 9.92. The fourth-order valence-corrected chi connectivity index (χ4v) is 1.94. The first-order chi connectivity index (χ1) is 8.29. The molecule has 86 valence electrons. The van der Waals surface area contributed by atoms with Crippen LogP contribution >= 0.6 is 0 Å². The summed E-state index contributed by atoms with van der Waals surface area (Å²) in [6.45, 7) is 0. The Bertz CT molecular complexity index is 496. The zero-order valence-corrected chi connectivity index (χ0v) is 9.47. The molecule has 0 unspecified atom stereocenters. The van der Waals surface area contributed by atoms with E-state index in [1.165, 1.54) is 0 Å². The number of carbonyl (C=O) groups excluding carboxylic acids is 1. The number of nitrogens with zero attached hydrogens (tertiary/aromatic N) is 3. The molecule has 0 heterocycles. The van der Waals surface area contributed by atoms with E-state index in [1.54, 1.807) is 12.1 Å². The Balaban J connectivity index is 2.20. The molecule has 0 bridgehead atoms. The van der Waals surface area contributed by atoms with Gasteiger partial charge >= 0.3 is 0 Å². The van der Waals surface area contributed by atoms with Crippen molar-refractivity contribution < 1.29 is 4.79 Å². The van der Waals surface area contributed by atoms with E-state index in [4.69, 9.17) is 5.53 Å². The molecule has 4 heteroatoms. The highest BCUT2D eigenvalue weighted by molar-refractivity contribution is 6.00. The number of allylic oxidation sites excluding steroid dienone is 1. The van der Waals surface area contributed by atoms with Gasteiger partial charge in [0, 0.05) is 17.0 Å². The molecule has 1 aromatic carbocycles. The number of carbonyl (C=O) groups is 1. The Morgan fingerprint density at radius 2 is 1.88 bits per heavy atom. The number of ketones is 1. The Labute approximate surface area is 99.6 Å². The standard InChI is InChI=1S/C13H13N3O/c14-16-15-12-7-5-10(6-8-12)9-11-3-1-2-4-13(11)17/h5-9H,1-4H2. The van der Waals surface area contributed by atoms with Crippen LogP contribution in [0.15, 0.2) is 35.0 Å². The molecule has 1 fully saturated rings. The maximum Gasteiger partial charge on any atom is 0.158 e. The summed E-state index contributed by atoms with van der Waals surface area (Å²) in [6.07, 6.45) is 5.57. The lowest BCUT2D eigenvalue weighted by Crippen LogP contribution is -2.07. The van der Waals surface area contributed by atoms with Crippen LogP contribution in [-0.2, 0) is 4.79 Å². The fourth-order valence-electron chi connectivity index (χ4n) is 1.94. The molecule has 0 spiro atoms. The molecule has 0 amide bonds. The molecule has 0 atom stereocenters. The lowest BCUT2D eigenvalue weighted by Gasteiger charge is -2.12. The number of hydrogen-bond acceptors (Lipinski definition) is 2. The number of Topliss-reactive ketones (excluding diaryl/α,β-unsaturated/α-hetero) is 1. The smallest absolute Gasteiger partial charge is 0.158 e. The van der Waals surface area contributed by atoms with Crippen molar-refractivity contribution in [3.05, 3.63) is 45.8 Å². The second kappa shape index (κ2) is 5.32. The first-order valence-electron chi connectivity index (χ1n) is 5.68. The number of rotatable bonds is 2. The Kier molecular flexibility index (Phi) is 3.58. The van der Waals surface area contributed by atoms with Crippen molar-refractivity contribution in [1.29, 1.82) is 0 Å². The van der Waals surface area contributed by atoms with E-state index in [0.717, 1.165) is 30.4 Å². The van der Waals surface area contributed by atoms with Crippen molar-refractivity contribution in [2.75, 3.05) is 0 Å². The summed E-state index contributed by atoms with van der Waals surface area (Å²) in [6, 6.07) is 7.22. The van der Waals surface area contributed by atoms with Gasteiger partial charge in [-0.15, -0.1) is 0 Å². The van der Waals surface area contributed by atoms with Crippen molar-refractivity contribution in [2.45, 2.75) is 25.7 Å². The third-order valence-electron chi connectivity index (χ3n) is 2.85. The largest absolute Gasteiger partial charge is 0.295 e. The summed E-state index contributed by atoms with van der Waals surface area (Å²) in [7, 11) is 0. The summed E-state index contributed by atoms with van der Waals surface area (Å²) in [5, 5.41) is 3.50. The minimum absolute atomic E-state index is 0.260. The van der Waals surface area contributed by atoms with Crippen molar-refractivity contribution >= 4 is 17.5 Å². The summed E-state index contributed by atoms with van der Waals surface area (Å²) < 4.78 is 0. The van der Waals surface area contributed by atoms with Crippen LogP contribution in [0.3, 0.4) is 0 Å². The number of hydrogen-bond donors (Lipinski definition) is 0. The Morgan fingerprint density at radius 3 is 2.53 bits per heavy atom. The zero-order valence-electron chi connectivity index (χ0n) is 9.47. The Hall–Kier alpha value is -2.06. The second-order valence-electron chi connectivity index (χ2n) is 4.08. The van der Waals surface area contributed by atoms with Gasteiger partial charge in [0.2, 0.25) is 0 Å². The molecule has 0 aromatic heterocycles. The average molecular weight is 227 g/mol. The highest BCUT2D eigenvalue weighted by Crippen LogP contribution is 2.23. The van der Waals surface area contributed by atoms with Crippen LogP contribution in [0.2, 0.25) is 0 Å². The number of azide groups is 1. The first kappa shape index (κ1) is 11.4. The van der Waals surface area contributed by atoms with Gasteiger partial charge in [-0.25, -0.2) is 0 Å². The second-order valence-corrected chi connectivity index (χ2v) is 4.08. The van der Waals surface area contributed by atoms with Crippen LogP contribution in [-0.4, -0.2) is 5.78 Å². The first-order valence-corrected chi connectivity index (χ1v) is 5.68. The fraction of sp³-hybridized carbons (Fsp3) is 0.308. The molecule has 1 aliphatic carbocycles. The molecule has 1 aromatic rings. The van der Waals surface area contributed by atoms with Crippen LogP contribution in [0.25, 0.3) is 16.5 Å². The third kappa shape index (κ3) is 2.95. The molecular weight excluding hydrogens is 214 g/mol. The van der Waals surface area contributed by atoms with Crippen molar-refractivity contribution in [3.63, 3.8) is 0 Å². The zero-order chi connectivity index (χ0) is 12.1. The monoisotopic (exact) mass is 227 g/mol. The van der Waals surface area contributed by atoms with Crippen LogP contribution in [0.5, 0.6) is 0 Å². The Morgan fingerprint density at radius 1 is 1.18 bits per heavy atom. The third-order valence-corrected chi connectivity index (χ3v) is 2.85. The van der Waals surface area contributed by atoms with E-state index in [-0.39, 0.29) is 5.78 Å². The van der Waals surface area contributed by atoms with Gasteiger partial charge in [-0.2, -0.15) is 0 Å². The maximum atomic E-state index is 11.6. The molecule has 17 heavy (non-hydrogen) atoms. The van der Waals surface area contributed by atoms with Gasteiger partial charge in [0.1, 0.15) is 0 Å². The van der Waals surface area contributed by atoms with Crippen LogP contribution < -0.4 is 0 Å². The van der Waals surface area contributed by atoms with Crippen LogP contribution in [0, 0.1) is 0 Å². The molecule has 2 rings (SSSR count). The van der Waals surface area contributed by atoms with E-state index in [2.05, 4.69) is 10.0 Å².